The zero-order chi connectivity index (χ0) is 13.2. The van der Waals surface area contributed by atoms with Crippen LogP contribution in [-0.4, -0.2) is 30.6 Å². The third-order valence-electron chi connectivity index (χ3n) is 2.44. The smallest absolute Gasteiger partial charge is 0.252 e. The number of hydrogen-bond acceptors (Lipinski definition) is 3. The van der Waals surface area contributed by atoms with Crippen molar-refractivity contribution in [2.75, 3.05) is 19.8 Å². The molecular weight excluding hydrogens is 232 g/mol. The summed E-state index contributed by atoms with van der Waals surface area (Å²) in [6, 6.07) is 2.84. The van der Waals surface area contributed by atoms with Gasteiger partial charge in [0, 0.05) is 32.0 Å². The van der Waals surface area contributed by atoms with Gasteiger partial charge in [-0.25, -0.2) is 0 Å². The minimum absolute atomic E-state index is 0.181. The number of amides is 1. The summed E-state index contributed by atoms with van der Waals surface area (Å²) in [6.07, 6.45) is 4.40. The lowest BCUT2D eigenvalue weighted by atomic mass is 10.2. The van der Waals surface area contributed by atoms with Gasteiger partial charge >= 0.3 is 0 Å². The fourth-order valence-corrected chi connectivity index (χ4v) is 1.38. The van der Waals surface area contributed by atoms with Gasteiger partial charge in [-0.1, -0.05) is 13.3 Å². The van der Waals surface area contributed by atoms with Crippen LogP contribution in [0.1, 0.15) is 36.5 Å². The van der Waals surface area contributed by atoms with Gasteiger partial charge in [-0.05, 0) is 18.9 Å². The summed E-state index contributed by atoms with van der Waals surface area (Å²) in [5, 5.41) is 2.77. The van der Waals surface area contributed by atoms with Crippen molar-refractivity contribution >= 4 is 5.91 Å². The van der Waals surface area contributed by atoms with Crippen LogP contribution >= 0.6 is 0 Å². The molecule has 0 unspecified atom stereocenters. The first-order valence-corrected chi connectivity index (χ1v) is 6.28. The van der Waals surface area contributed by atoms with E-state index >= 15 is 0 Å². The third-order valence-corrected chi connectivity index (χ3v) is 2.44. The van der Waals surface area contributed by atoms with Gasteiger partial charge in [-0.2, -0.15) is 0 Å². The maximum Gasteiger partial charge on any atom is 0.252 e. The molecule has 0 saturated heterocycles. The van der Waals surface area contributed by atoms with E-state index in [4.69, 9.17) is 4.74 Å². The van der Waals surface area contributed by atoms with Crippen molar-refractivity contribution in [2.24, 2.45) is 0 Å². The molecule has 0 spiro atoms. The normalized spacial score (nSPS) is 10.3. The zero-order valence-electron chi connectivity index (χ0n) is 10.7. The Morgan fingerprint density at radius 1 is 1.33 bits per heavy atom. The molecule has 2 N–H and O–H groups in total. The van der Waals surface area contributed by atoms with Gasteiger partial charge in [0.25, 0.3) is 5.91 Å². The first-order valence-electron chi connectivity index (χ1n) is 6.28. The van der Waals surface area contributed by atoms with Crippen molar-refractivity contribution in [3.05, 3.63) is 34.2 Å². The monoisotopic (exact) mass is 252 g/mol. The van der Waals surface area contributed by atoms with Crippen LogP contribution in [-0.2, 0) is 4.74 Å². The van der Waals surface area contributed by atoms with E-state index in [1.165, 1.54) is 18.3 Å². The molecule has 100 valence electrons. The molecule has 0 fully saturated rings. The first-order chi connectivity index (χ1) is 8.74. The van der Waals surface area contributed by atoms with Crippen LogP contribution in [0.4, 0.5) is 0 Å². The first kappa shape index (κ1) is 14.4. The summed E-state index contributed by atoms with van der Waals surface area (Å²) in [5.74, 6) is -0.181. The summed E-state index contributed by atoms with van der Waals surface area (Å²) in [4.78, 5) is 24.9. The molecule has 18 heavy (non-hydrogen) atoms. The summed E-state index contributed by atoms with van der Waals surface area (Å²) in [5.41, 5.74) is 0.248. The molecular formula is C13H20N2O3. The fraction of sp³-hybridized carbons (Fsp3) is 0.538. The van der Waals surface area contributed by atoms with E-state index in [2.05, 4.69) is 17.2 Å². The van der Waals surface area contributed by atoms with Crippen LogP contribution in [0.25, 0.3) is 0 Å². The van der Waals surface area contributed by atoms with Crippen LogP contribution in [0.15, 0.2) is 23.1 Å². The van der Waals surface area contributed by atoms with E-state index in [-0.39, 0.29) is 11.5 Å². The van der Waals surface area contributed by atoms with E-state index in [9.17, 15) is 9.59 Å². The lowest BCUT2D eigenvalue weighted by Gasteiger charge is -2.05. The van der Waals surface area contributed by atoms with Crippen LogP contribution < -0.4 is 10.9 Å². The van der Waals surface area contributed by atoms with Gasteiger partial charge in [0.1, 0.15) is 0 Å². The summed E-state index contributed by atoms with van der Waals surface area (Å²) >= 11 is 0. The molecule has 1 rings (SSSR count). The van der Waals surface area contributed by atoms with Crippen LogP contribution in [0, 0.1) is 0 Å². The quantitative estimate of drug-likeness (QED) is 0.685. The van der Waals surface area contributed by atoms with Crippen molar-refractivity contribution in [2.45, 2.75) is 26.2 Å². The van der Waals surface area contributed by atoms with E-state index < -0.39 is 0 Å². The number of aromatic nitrogens is 1. The molecule has 0 bridgehead atoms. The molecule has 0 saturated carbocycles. The van der Waals surface area contributed by atoms with Crippen LogP contribution in [0.3, 0.4) is 0 Å². The Bertz CT molecular complexity index is 394. The number of unbranched alkanes of at least 4 members (excludes halogenated alkanes) is 1. The summed E-state index contributed by atoms with van der Waals surface area (Å²) < 4.78 is 5.38. The number of carbonyl (C=O) groups excluding carboxylic acids is 1. The highest BCUT2D eigenvalue weighted by molar-refractivity contribution is 5.93. The molecule has 0 aromatic carbocycles. The Hall–Kier alpha value is -1.62. The molecule has 0 radical (unpaired) electrons. The van der Waals surface area contributed by atoms with E-state index in [1.807, 2.05) is 0 Å². The number of hydrogen-bond donors (Lipinski definition) is 2. The molecule has 0 atom stereocenters. The van der Waals surface area contributed by atoms with E-state index in [0.29, 0.717) is 18.7 Å². The number of rotatable bonds is 8. The Kier molecular flexibility index (Phi) is 6.79. The maximum atomic E-state index is 11.6. The summed E-state index contributed by atoms with van der Waals surface area (Å²) in [6.45, 7) is 4.13. The van der Waals surface area contributed by atoms with Crippen molar-refractivity contribution < 1.29 is 9.53 Å². The van der Waals surface area contributed by atoms with Gasteiger partial charge < -0.3 is 15.0 Å². The molecule has 1 aromatic heterocycles. The second kappa shape index (κ2) is 8.47. The largest absolute Gasteiger partial charge is 0.381 e. The van der Waals surface area contributed by atoms with Crippen molar-refractivity contribution in [1.82, 2.24) is 10.3 Å². The SMILES string of the molecule is CCCCOCCCNC(=O)c1ccc(=O)[nH]c1. The van der Waals surface area contributed by atoms with Gasteiger partial charge in [0.05, 0.1) is 5.56 Å². The van der Waals surface area contributed by atoms with Crippen molar-refractivity contribution in [3.8, 4) is 0 Å². The maximum absolute atomic E-state index is 11.6. The second-order valence-corrected chi connectivity index (χ2v) is 4.02. The Morgan fingerprint density at radius 2 is 2.11 bits per heavy atom. The van der Waals surface area contributed by atoms with Gasteiger partial charge in [0.2, 0.25) is 5.56 Å². The minimum Gasteiger partial charge on any atom is -0.381 e. The fourth-order valence-electron chi connectivity index (χ4n) is 1.38. The predicted octanol–water partition coefficient (Wildman–Crippen LogP) is 1.31. The number of ether oxygens (including phenoxy) is 1. The summed E-state index contributed by atoms with van der Waals surface area (Å²) in [7, 11) is 0. The number of pyridine rings is 1. The Morgan fingerprint density at radius 3 is 2.78 bits per heavy atom. The molecule has 5 nitrogen and oxygen atoms in total. The Balaban J connectivity index is 2.14. The van der Waals surface area contributed by atoms with Crippen LogP contribution in [0.2, 0.25) is 0 Å². The van der Waals surface area contributed by atoms with Gasteiger partial charge in [0.15, 0.2) is 0 Å². The number of carbonyl (C=O) groups is 1. The lowest BCUT2D eigenvalue weighted by Crippen LogP contribution is -2.26. The van der Waals surface area contributed by atoms with Gasteiger partial charge in [-0.3, -0.25) is 9.59 Å². The number of H-pyrrole nitrogens is 1. The third kappa shape index (κ3) is 5.63. The minimum atomic E-state index is -0.212. The highest BCUT2D eigenvalue weighted by Gasteiger charge is 2.03. The molecule has 1 amide bonds. The van der Waals surface area contributed by atoms with Crippen molar-refractivity contribution in [3.63, 3.8) is 0 Å². The topological polar surface area (TPSA) is 71.2 Å². The van der Waals surface area contributed by atoms with Crippen LogP contribution in [0.5, 0.6) is 0 Å². The average Bonchev–Trinajstić information content (AvgIpc) is 2.38. The molecule has 0 aliphatic carbocycles. The van der Waals surface area contributed by atoms with Crippen molar-refractivity contribution in [1.29, 1.82) is 0 Å². The lowest BCUT2D eigenvalue weighted by molar-refractivity contribution is 0.0940. The average molecular weight is 252 g/mol. The van der Waals surface area contributed by atoms with E-state index in [0.717, 1.165) is 25.9 Å². The standard InChI is InChI=1S/C13H20N2O3/c1-2-3-8-18-9-4-7-14-13(17)11-5-6-12(16)15-10-11/h5-6,10H,2-4,7-9H2,1H3,(H,14,17)(H,15,16). The zero-order valence-corrected chi connectivity index (χ0v) is 10.7. The molecule has 0 aliphatic rings. The highest BCUT2D eigenvalue weighted by atomic mass is 16.5. The molecule has 1 aromatic rings. The Labute approximate surface area is 107 Å². The molecule has 0 aliphatic heterocycles. The number of aromatic amines is 1. The number of nitrogens with one attached hydrogen (secondary N) is 2. The second-order valence-electron chi connectivity index (χ2n) is 4.02. The van der Waals surface area contributed by atoms with E-state index in [1.54, 1.807) is 0 Å². The molecule has 1 heterocycles. The predicted molar refractivity (Wildman–Crippen MR) is 69.7 cm³/mol. The molecule has 5 heteroatoms. The van der Waals surface area contributed by atoms with Gasteiger partial charge in [-0.15, -0.1) is 0 Å². The highest BCUT2D eigenvalue weighted by Crippen LogP contribution is 1.93.